The zero-order valence-electron chi connectivity index (χ0n) is 9.90. The topological polar surface area (TPSA) is 3.24 Å². The quantitative estimate of drug-likeness (QED) is 0.766. The van der Waals surface area contributed by atoms with Gasteiger partial charge < -0.3 is 0 Å². The van der Waals surface area contributed by atoms with Gasteiger partial charge in [-0.05, 0) is 23.8 Å². The molecule has 0 aromatic heterocycles. The fourth-order valence-electron chi connectivity index (χ4n) is 2.68. The van der Waals surface area contributed by atoms with Gasteiger partial charge in [0, 0.05) is 25.0 Å². The van der Waals surface area contributed by atoms with Crippen molar-refractivity contribution in [3.63, 3.8) is 0 Å². The Morgan fingerprint density at radius 3 is 2.69 bits per heavy atom. The second-order valence-corrected chi connectivity index (χ2v) is 5.69. The average molecular weight is 282 g/mol. The van der Waals surface area contributed by atoms with Crippen molar-refractivity contribution in [1.82, 2.24) is 4.90 Å². The van der Waals surface area contributed by atoms with E-state index < -0.39 is 0 Å². The molecular weight excluding hydrogens is 262 g/mol. The minimum atomic E-state index is 0.826. The number of likely N-dealkylation sites (tertiary alicyclic amines) is 1. The molecule has 2 rings (SSSR count). The molecule has 0 N–H and O–H groups in total. The normalized spacial score (nSPS) is 26.9. The molecule has 0 radical (unpaired) electrons. The molecule has 88 valence electrons. The predicted octanol–water partition coefficient (Wildman–Crippen LogP) is 3.54. The van der Waals surface area contributed by atoms with Crippen LogP contribution in [0.25, 0.3) is 0 Å². The highest BCUT2D eigenvalue weighted by Gasteiger charge is 2.23. The molecule has 0 amide bonds. The molecule has 0 aliphatic carbocycles. The lowest BCUT2D eigenvalue weighted by Gasteiger charge is -2.35. The fourth-order valence-corrected chi connectivity index (χ4v) is 3.15. The molecular formula is C14H20BrN. The minimum Gasteiger partial charge on any atom is -0.299 e. The van der Waals surface area contributed by atoms with Gasteiger partial charge in [-0.1, -0.05) is 53.2 Å². The van der Waals surface area contributed by atoms with Crippen molar-refractivity contribution in [2.75, 3.05) is 18.4 Å². The summed E-state index contributed by atoms with van der Waals surface area (Å²) in [6.07, 6.45) is 1.37. The van der Waals surface area contributed by atoms with Gasteiger partial charge in [0.15, 0.2) is 0 Å². The highest BCUT2D eigenvalue weighted by Crippen LogP contribution is 2.24. The molecule has 1 aromatic rings. The highest BCUT2D eigenvalue weighted by molar-refractivity contribution is 9.09. The largest absolute Gasteiger partial charge is 0.299 e. The number of nitrogens with zero attached hydrogens (tertiary/aromatic N) is 1. The second-order valence-electron chi connectivity index (χ2n) is 5.04. The Morgan fingerprint density at radius 2 is 2.00 bits per heavy atom. The molecule has 0 bridgehead atoms. The van der Waals surface area contributed by atoms with Gasteiger partial charge in [0.2, 0.25) is 0 Å². The standard InChI is InChI=1S/C14H20BrN/c1-12-7-14(8-15)11-16(9-12)10-13-5-3-2-4-6-13/h2-6,12,14H,7-11H2,1H3. The SMILES string of the molecule is CC1CC(CBr)CN(Cc2ccccc2)C1. The molecule has 16 heavy (non-hydrogen) atoms. The Bertz CT molecular complexity index is 312. The van der Waals surface area contributed by atoms with E-state index in [1.807, 2.05) is 0 Å². The highest BCUT2D eigenvalue weighted by atomic mass is 79.9. The monoisotopic (exact) mass is 281 g/mol. The zero-order valence-corrected chi connectivity index (χ0v) is 11.5. The van der Waals surface area contributed by atoms with E-state index in [4.69, 9.17) is 0 Å². The molecule has 1 nitrogen and oxygen atoms in total. The Labute approximate surface area is 107 Å². The summed E-state index contributed by atoms with van der Waals surface area (Å²) in [6, 6.07) is 10.8. The number of hydrogen-bond acceptors (Lipinski definition) is 1. The zero-order chi connectivity index (χ0) is 11.4. The van der Waals surface area contributed by atoms with E-state index in [1.165, 1.54) is 25.1 Å². The predicted molar refractivity (Wildman–Crippen MR) is 72.8 cm³/mol. The van der Waals surface area contributed by atoms with Gasteiger partial charge >= 0.3 is 0 Å². The number of rotatable bonds is 3. The van der Waals surface area contributed by atoms with Crippen LogP contribution in [-0.2, 0) is 6.54 Å². The summed E-state index contributed by atoms with van der Waals surface area (Å²) in [5.74, 6) is 1.66. The van der Waals surface area contributed by atoms with E-state index >= 15 is 0 Å². The first-order valence-electron chi connectivity index (χ1n) is 6.10. The molecule has 1 heterocycles. The lowest BCUT2D eigenvalue weighted by Crippen LogP contribution is -2.39. The van der Waals surface area contributed by atoms with Gasteiger partial charge in [0.1, 0.15) is 0 Å². The van der Waals surface area contributed by atoms with Crippen LogP contribution in [-0.4, -0.2) is 23.3 Å². The molecule has 1 saturated heterocycles. The molecule has 2 heteroatoms. The van der Waals surface area contributed by atoms with Gasteiger partial charge in [-0.2, -0.15) is 0 Å². The molecule has 1 aliphatic rings. The lowest BCUT2D eigenvalue weighted by atomic mass is 9.91. The van der Waals surface area contributed by atoms with Crippen molar-refractivity contribution in [3.05, 3.63) is 35.9 Å². The third-order valence-corrected chi connectivity index (χ3v) is 4.20. The second kappa shape index (κ2) is 5.83. The molecule has 1 aliphatic heterocycles. The number of hydrogen-bond donors (Lipinski definition) is 0. The fraction of sp³-hybridized carbons (Fsp3) is 0.571. The Morgan fingerprint density at radius 1 is 1.25 bits per heavy atom. The van der Waals surface area contributed by atoms with Crippen molar-refractivity contribution < 1.29 is 0 Å². The summed E-state index contributed by atoms with van der Waals surface area (Å²) in [6.45, 7) is 5.96. The van der Waals surface area contributed by atoms with Crippen LogP contribution in [0.5, 0.6) is 0 Å². The van der Waals surface area contributed by atoms with Gasteiger partial charge in [-0.15, -0.1) is 0 Å². The number of halogens is 1. The summed E-state index contributed by atoms with van der Waals surface area (Å²) >= 11 is 3.62. The van der Waals surface area contributed by atoms with Crippen molar-refractivity contribution in [3.8, 4) is 0 Å². The molecule has 1 fully saturated rings. The van der Waals surface area contributed by atoms with Crippen LogP contribution in [0.15, 0.2) is 30.3 Å². The molecule has 0 saturated carbocycles. The van der Waals surface area contributed by atoms with Crippen LogP contribution >= 0.6 is 15.9 Å². The summed E-state index contributed by atoms with van der Waals surface area (Å²) in [5.41, 5.74) is 1.44. The van der Waals surface area contributed by atoms with E-state index in [-0.39, 0.29) is 0 Å². The van der Waals surface area contributed by atoms with E-state index in [0.717, 1.165) is 23.7 Å². The Hall–Kier alpha value is -0.340. The third kappa shape index (κ3) is 3.33. The molecule has 1 aromatic carbocycles. The number of alkyl halides is 1. The van der Waals surface area contributed by atoms with Crippen LogP contribution in [0.1, 0.15) is 18.9 Å². The van der Waals surface area contributed by atoms with Crippen molar-refractivity contribution >= 4 is 15.9 Å². The van der Waals surface area contributed by atoms with E-state index in [0.29, 0.717) is 0 Å². The molecule has 2 atom stereocenters. The summed E-state index contributed by atoms with van der Waals surface area (Å²) in [5, 5.41) is 1.14. The molecule has 2 unspecified atom stereocenters. The van der Waals surface area contributed by atoms with Crippen LogP contribution < -0.4 is 0 Å². The van der Waals surface area contributed by atoms with Crippen LogP contribution in [0.2, 0.25) is 0 Å². The maximum atomic E-state index is 3.62. The van der Waals surface area contributed by atoms with E-state index in [9.17, 15) is 0 Å². The van der Waals surface area contributed by atoms with Crippen LogP contribution in [0, 0.1) is 11.8 Å². The van der Waals surface area contributed by atoms with Gasteiger partial charge in [0.05, 0.1) is 0 Å². The smallest absolute Gasteiger partial charge is 0.0233 e. The molecule has 0 spiro atoms. The summed E-state index contributed by atoms with van der Waals surface area (Å²) in [4.78, 5) is 2.59. The average Bonchev–Trinajstić information content (AvgIpc) is 2.29. The summed E-state index contributed by atoms with van der Waals surface area (Å²) < 4.78 is 0. The summed E-state index contributed by atoms with van der Waals surface area (Å²) in [7, 11) is 0. The first-order chi connectivity index (χ1) is 7.78. The van der Waals surface area contributed by atoms with Gasteiger partial charge in [-0.3, -0.25) is 4.90 Å². The van der Waals surface area contributed by atoms with E-state index in [1.54, 1.807) is 0 Å². The minimum absolute atomic E-state index is 0.826. The first kappa shape index (κ1) is 12.1. The third-order valence-electron chi connectivity index (χ3n) is 3.29. The maximum Gasteiger partial charge on any atom is 0.0233 e. The van der Waals surface area contributed by atoms with E-state index in [2.05, 4.69) is 58.1 Å². The van der Waals surface area contributed by atoms with Gasteiger partial charge in [-0.25, -0.2) is 0 Å². The van der Waals surface area contributed by atoms with Gasteiger partial charge in [0.25, 0.3) is 0 Å². The Kier molecular flexibility index (Phi) is 4.42. The first-order valence-corrected chi connectivity index (χ1v) is 7.22. The van der Waals surface area contributed by atoms with Crippen LogP contribution in [0.4, 0.5) is 0 Å². The van der Waals surface area contributed by atoms with Crippen molar-refractivity contribution in [1.29, 1.82) is 0 Å². The number of piperidine rings is 1. The Balaban J connectivity index is 1.94. The lowest BCUT2D eigenvalue weighted by molar-refractivity contribution is 0.137. The van der Waals surface area contributed by atoms with Crippen molar-refractivity contribution in [2.24, 2.45) is 11.8 Å². The number of benzene rings is 1. The maximum absolute atomic E-state index is 3.62. The van der Waals surface area contributed by atoms with Crippen molar-refractivity contribution in [2.45, 2.75) is 19.9 Å². The van der Waals surface area contributed by atoms with Crippen LogP contribution in [0.3, 0.4) is 0 Å².